The second kappa shape index (κ2) is 28.0. The zero-order valence-corrected chi connectivity index (χ0v) is 46.1. The Morgan fingerprint density at radius 2 is 0.899 bits per heavy atom. The van der Waals surface area contributed by atoms with E-state index < -0.39 is 0 Å². The molecule has 3 saturated heterocycles. The van der Waals surface area contributed by atoms with Crippen LogP contribution in [0.2, 0.25) is 0 Å². The Kier molecular flexibility index (Phi) is 21.4. The van der Waals surface area contributed by atoms with Crippen molar-refractivity contribution in [1.82, 2.24) is 29.7 Å². The van der Waals surface area contributed by atoms with E-state index >= 15 is 0 Å². The van der Waals surface area contributed by atoms with Crippen LogP contribution in [0.15, 0.2) is 91.4 Å². The maximum Gasteiger partial charge on any atom is 0.224 e. The number of benzene rings is 3. The van der Waals surface area contributed by atoms with Crippen molar-refractivity contribution in [2.45, 2.75) is 162 Å². The summed E-state index contributed by atoms with van der Waals surface area (Å²) in [6, 6.07) is 22.9. The number of carbonyl (C=O) groups excluding carboxylic acids is 6. The van der Waals surface area contributed by atoms with Crippen molar-refractivity contribution in [2.75, 3.05) is 19.6 Å². The van der Waals surface area contributed by atoms with E-state index in [4.69, 9.17) is 19.3 Å². The number of terminal acetylenes is 3. The predicted octanol–water partition coefficient (Wildman–Crippen LogP) is 12.5. The van der Waals surface area contributed by atoms with Gasteiger partial charge in [0, 0.05) is 110 Å². The number of Topliss-reactive ketones (excluding diaryl/α,β-unsaturated/α-hetero) is 3. The second-order valence-electron chi connectivity index (χ2n) is 21.3. The van der Waals surface area contributed by atoms with Crippen LogP contribution in [-0.4, -0.2) is 102 Å². The molecule has 0 bridgehead atoms. The molecule has 3 amide bonds. The first-order chi connectivity index (χ1) is 37.5. The van der Waals surface area contributed by atoms with Crippen molar-refractivity contribution in [2.24, 2.45) is 0 Å². The first-order valence-electron chi connectivity index (χ1n) is 27.6. The number of hydrogen-bond donors (Lipinski definition) is 0. The number of carbonyl (C=O) groups is 6. The average molecular weight is 1060 g/mol. The molecule has 0 radical (unpaired) electrons. The van der Waals surface area contributed by atoms with Gasteiger partial charge in [-0.05, 0) is 115 Å². The number of fused-ring (bicyclic) bond motifs is 3. The third kappa shape index (κ3) is 14.6. The predicted molar refractivity (Wildman–Crippen MR) is 316 cm³/mol. The highest BCUT2D eigenvalue weighted by Gasteiger charge is 2.30. The smallest absolute Gasteiger partial charge is 0.224 e. The zero-order chi connectivity index (χ0) is 56.0. The number of rotatable bonds is 15. The third-order valence-electron chi connectivity index (χ3n) is 15.2. The van der Waals surface area contributed by atoms with Gasteiger partial charge in [0.15, 0.2) is 17.3 Å². The molecule has 0 saturated carbocycles. The summed E-state index contributed by atoms with van der Waals surface area (Å²) in [7, 11) is 0. The Labute approximate surface area is 467 Å². The monoisotopic (exact) mass is 1060 g/mol. The fourth-order valence-corrected chi connectivity index (χ4v) is 10.7. The van der Waals surface area contributed by atoms with E-state index in [1.54, 1.807) is 51.5 Å². The Bertz CT molecular complexity index is 3330. The van der Waals surface area contributed by atoms with Crippen molar-refractivity contribution in [3.63, 3.8) is 0 Å². The molecule has 12 heteroatoms. The quantitative estimate of drug-likeness (QED) is 0.0723. The summed E-state index contributed by atoms with van der Waals surface area (Å²) < 4.78 is 0. The first kappa shape index (κ1) is 60.2. The molecular formula is C67H76N6O6. The summed E-state index contributed by atoms with van der Waals surface area (Å²) in [4.78, 5) is 94.0. The van der Waals surface area contributed by atoms with Crippen LogP contribution in [0.5, 0.6) is 0 Å². The fourth-order valence-electron chi connectivity index (χ4n) is 10.7. The minimum atomic E-state index is -0.119. The van der Waals surface area contributed by atoms with Gasteiger partial charge in [0.2, 0.25) is 17.7 Å². The number of aromatic nitrogens is 3. The highest BCUT2D eigenvalue weighted by Crippen LogP contribution is 2.30. The van der Waals surface area contributed by atoms with Crippen LogP contribution in [0.1, 0.15) is 192 Å². The van der Waals surface area contributed by atoms with Gasteiger partial charge in [-0.1, -0.05) is 97.1 Å². The highest BCUT2D eigenvalue weighted by atomic mass is 16.2. The normalized spacial score (nSPS) is 16.6. The SMILES string of the molecule is C.C#C[C@@H]1CCCN1C(=O)CCC(=O)c1ccnc2cc(C(C)C)ccc12.C#C[C@@H]1CCCN1C(=O)CCC(=O)c1ccnc2ccc(C(C)C)cc12.C#C[C@@H]1CCCN1C(=O)CCC(=O)c1ccnc2cccc(C(C)C)c12. The van der Waals surface area contributed by atoms with Gasteiger partial charge in [0.25, 0.3) is 0 Å². The molecular weight excluding hydrogens is 985 g/mol. The summed E-state index contributed by atoms with van der Waals surface area (Å²) in [6.45, 7) is 14.8. The number of ketones is 3. The molecule has 3 aliphatic heterocycles. The maximum absolute atomic E-state index is 12.9. The molecule has 12 nitrogen and oxygen atoms in total. The molecule has 0 N–H and O–H groups in total. The summed E-state index contributed by atoms with van der Waals surface area (Å²) >= 11 is 0. The summed E-state index contributed by atoms with van der Waals surface area (Å²) in [5.41, 5.74) is 7.84. The molecule has 410 valence electrons. The van der Waals surface area contributed by atoms with Crippen LogP contribution in [0.25, 0.3) is 32.7 Å². The van der Waals surface area contributed by atoms with Crippen molar-refractivity contribution in [3.05, 3.63) is 125 Å². The van der Waals surface area contributed by atoms with Gasteiger partial charge >= 0.3 is 0 Å². The zero-order valence-electron chi connectivity index (χ0n) is 46.1. The van der Waals surface area contributed by atoms with Crippen molar-refractivity contribution in [1.29, 1.82) is 0 Å². The average Bonchev–Trinajstić information content (AvgIpc) is 4.27. The van der Waals surface area contributed by atoms with Crippen molar-refractivity contribution < 1.29 is 28.8 Å². The van der Waals surface area contributed by atoms with E-state index in [0.717, 1.165) is 76.8 Å². The number of likely N-dealkylation sites (tertiary alicyclic amines) is 3. The van der Waals surface area contributed by atoms with E-state index in [1.807, 2.05) is 54.6 Å². The molecule has 3 aliphatic rings. The van der Waals surface area contributed by atoms with Crippen LogP contribution in [0.3, 0.4) is 0 Å². The molecule has 9 rings (SSSR count). The van der Waals surface area contributed by atoms with Crippen LogP contribution in [-0.2, 0) is 14.4 Å². The molecule has 0 aliphatic carbocycles. The molecule has 0 spiro atoms. The minimum Gasteiger partial charge on any atom is -0.329 e. The van der Waals surface area contributed by atoms with Gasteiger partial charge in [-0.15, -0.1) is 19.3 Å². The van der Waals surface area contributed by atoms with Crippen molar-refractivity contribution in [3.8, 4) is 37.0 Å². The lowest BCUT2D eigenvalue weighted by Gasteiger charge is -2.20. The molecule has 3 atom stereocenters. The molecule has 3 aromatic carbocycles. The molecule has 0 unspecified atom stereocenters. The van der Waals surface area contributed by atoms with Crippen LogP contribution < -0.4 is 0 Å². The number of hydrogen-bond acceptors (Lipinski definition) is 9. The standard InChI is InChI=1S/3C22H24N2O2.CH4/c1-4-16-7-6-14-24(16)21(26)11-10-20(25)18-12-13-23-19-9-5-8-17(15(2)3)22(18)19;1-4-17-6-5-13-24(17)22(26)10-9-21(25)18-11-12-23-20-8-7-16(15(2)3)14-19(18)20;1-4-17-6-5-13-24(17)22(26)10-9-21(25)19-11-12-23-20-14-16(15(2)3)7-8-18(19)20;/h1,5,8-9,12-13,15-16H,6-7,10-11,14H2,2-3H3;2*1,7-8,11-12,14-15,17H,5-6,9-10,13H2,2-3H3;1H4/t16-;2*17-;/m111./s1. The van der Waals surface area contributed by atoms with Gasteiger partial charge < -0.3 is 14.7 Å². The van der Waals surface area contributed by atoms with Crippen molar-refractivity contribution >= 4 is 67.8 Å². The molecule has 79 heavy (non-hydrogen) atoms. The Morgan fingerprint density at radius 3 is 1.37 bits per heavy atom. The summed E-state index contributed by atoms with van der Waals surface area (Å²) in [5, 5.41) is 2.61. The highest BCUT2D eigenvalue weighted by molar-refractivity contribution is 6.10. The van der Waals surface area contributed by atoms with Gasteiger partial charge in [-0.3, -0.25) is 43.7 Å². The van der Waals surface area contributed by atoms with Crippen LogP contribution in [0.4, 0.5) is 0 Å². The fraction of sp³-hybridized carbons (Fsp3) is 0.418. The largest absolute Gasteiger partial charge is 0.329 e. The lowest BCUT2D eigenvalue weighted by atomic mass is 9.92. The number of pyridine rings is 3. The second-order valence-corrected chi connectivity index (χ2v) is 21.3. The van der Waals surface area contributed by atoms with E-state index in [9.17, 15) is 28.8 Å². The van der Waals surface area contributed by atoms with E-state index in [-0.39, 0.29) is 105 Å². The molecule has 3 fully saturated rings. The molecule has 6 heterocycles. The lowest BCUT2D eigenvalue weighted by Crippen LogP contribution is -2.34. The maximum atomic E-state index is 12.9. The number of nitrogens with zero attached hydrogens (tertiary/aromatic N) is 6. The molecule has 6 aromatic rings. The van der Waals surface area contributed by atoms with Crippen LogP contribution in [0, 0.1) is 37.0 Å². The summed E-state index contributed by atoms with van der Waals surface area (Å²) in [6.07, 6.45) is 28.0. The lowest BCUT2D eigenvalue weighted by molar-refractivity contribution is -0.131. The first-order valence-corrected chi connectivity index (χ1v) is 27.6. The molecule has 3 aromatic heterocycles. The Balaban J connectivity index is 0.000000190. The van der Waals surface area contributed by atoms with Gasteiger partial charge in [0.05, 0.1) is 34.7 Å². The van der Waals surface area contributed by atoms with Gasteiger partial charge in [-0.2, -0.15) is 0 Å². The number of amides is 3. The van der Waals surface area contributed by atoms with E-state index in [0.29, 0.717) is 48.2 Å². The Morgan fingerprint density at radius 1 is 0.481 bits per heavy atom. The van der Waals surface area contributed by atoms with Crippen LogP contribution >= 0.6 is 0 Å². The topological polar surface area (TPSA) is 151 Å². The van der Waals surface area contributed by atoms with Gasteiger partial charge in [-0.25, -0.2) is 0 Å². The van der Waals surface area contributed by atoms with Gasteiger partial charge in [0.1, 0.15) is 0 Å². The summed E-state index contributed by atoms with van der Waals surface area (Å²) in [5.74, 6) is 8.92. The van der Waals surface area contributed by atoms with E-state index in [1.165, 1.54) is 11.1 Å². The van der Waals surface area contributed by atoms with E-state index in [2.05, 4.69) is 74.3 Å². The Hall–Kier alpha value is -8.01. The third-order valence-corrected chi connectivity index (χ3v) is 15.2. The minimum absolute atomic E-state index is 0.